The van der Waals surface area contributed by atoms with E-state index in [4.69, 9.17) is 5.73 Å². The predicted octanol–water partition coefficient (Wildman–Crippen LogP) is 0.541. The molecule has 2 rings (SSSR count). The standard InChI is InChI=1S/C9H9N5O/c10-8(15)7-9(13-14-12-7)11-6-4-2-1-3-5-6/h1-5,7H,(H2,10,15)(H,11,12,13). The SMILES string of the molecule is NC(=O)C1N=NNC1=Nc1ccccc1. The van der Waals surface area contributed by atoms with Crippen molar-refractivity contribution in [2.45, 2.75) is 6.04 Å². The van der Waals surface area contributed by atoms with Gasteiger partial charge in [0.2, 0.25) is 6.04 Å². The van der Waals surface area contributed by atoms with E-state index in [0.29, 0.717) is 5.84 Å². The van der Waals surface area contributed by atoms with E-state index in [1.54, 1.807) is 0 Å². The summed E-state index contributed by atoms with van der Waals surface area (Å²) in [6.45, 7) is 0. The Morgan fingerprint density at radius 3 is 2.80 bits per heavy atom. The van der Waals surface area contributed by atoms with Crippen LogP contribution >= 0.6 is 0 Å². The van der Waals surface area contributed by atoms with Gasteiger partial charge in [-0.3, -0.25) is 4.79 Å². The first-order valence-electron chi connectivity index (χ1n) is 4.36. The lowest BCUT2D eigenvalue weighted by Crippen LogP contribution is -2.35. The zero-order chi connectivity index (χ0) is 10.7. The van der Waals surface area contributed by atoms with E-state index in [1.807, 2.05) is 30.3 Å². The first-order valence-corrected chi connectivity index (χ1v) is 4.36. The molecule has 1 heterocycles. The molecule has 1 aromatic rings. The molecule has 1 unspecified atom stereocenters. The molecule has 0 radical (unpaired) electrons. The van der Waals surface area contributed by atoms with Gasteiger partial charge in [0.05, 0.1) is 5.69 Å². The maximum absolute atomic E-state index is 10.9. The number of hydrogen-bond acceptors (Lipinski definition) is 4. The molecule has 3 N–H and O–H groups in total. The second-order valence-electron chi connectivity index (χ2n) is 2.96. The molecule has 0 saturated heterocycles. The van der Waals surface area contributed by atoms with Gasteiger partial charge in [0, 0.05) is 0 Å². The lowest BCUT2D eigenvalue weighted by Gasteiger charge is -2.01. The number of amides is 1. The normalized spacial score (nSPS) is 21.6. The van der Waals surface area contributed by atoms with Crippen LogP contribution in [0.2, 0.25) is 0 Å². The highest BCUT2D eigenvalue weighted by Gasteiger charge is 2.26. The Morgan fingerprint density at radius 1 is 1.40 bits per heavy atom. The third-order valence-electron chi connectivity index (χ3n) is 1.87. The molecule has 1 aliphatic rings. The molecular formula is C9H9N5O. The summed E-state index contributed by atoms with van der Waals surface area (Å²) in [6, 6.07) is 8.40. The zero-order valence-electron chi connectivity index (χ0n) is 7.79. The number of rotatable bonds is 2. The van der Waals surface area contributed by atoms with Gasteiger partial charge < -0.3 is 5.73 Å². The minimum Gasteiger partial charge on any atom is -0.367 e. The zero-order valence-corrected chi connectivity index (χ0v) is 7.79. The predicted molar refractivity (Wildman–Crippen MR) is 54.5 cm³/mol. The number of aliphatic imine (C=N–C) groups is 1. The highest BCUT2D eigenvalue weighted by atomic mass is 16.1. The highest BCUT2D eigenvalue weighted by molar-refractivity contribution is 6.08. The van der Waals surface area contributed by atoms with Crippen LogP contribution in [-0.2, 0) is 4.79 Å². The van der Waals surface area contributed by atoms with Crippen LogP contribution in [0.5, 0.6) is 0 Å². The van der Waals surface area contributed by atoms with E-state index in [-0.39, 0.29) is 0 Å². The van der Waals surface area contributed by atoms with E-state index in [2.05, 4.69) is 20.8 Å². The fourth-order valence-corrected chi connectivity index (χ4v) is 1.17. The van der Waals surface area contributed by atoms with Crippen molar-refractivity contribution >= 4 is 17.4 Å². The first-order chi connectivity index (χ1) is 7.27. The van der Waals surface area contributed by atoms with Crippen LogP contribution in [-0.4, -0.2) is 17.8 Å². The number of nitrogens with zero attached hydrogens (tertiary/aromatic N) is 3. The third-order valence-corrected chi connectivity index (χ3v) is 1.87. The van der Waals surface area contributed by atoms with Gasteiger partial charge in [0.15, 0.2) is 5.84 Å². The Balaban J connectivity index is 2.25. The number of carbonyl (C=O) groups excluding carboxylic acids is 1. The molecule has 0 bridgehead atoms. The number of nitrogens with two attached hydrogens (primary N) is 1. The van der Waals surface area contributed by atoms with Crippen LogP contribution in [0, 0.1) is 0 Å². The van der Waals surface area contributed by atoms with E-state index >= 15 is 0 Å². The molecular weight excluding hydrogens is 194 g/mol. The summed E-state index contributed by atoms with van der Waals surface area (Å²) in [5.41, 5.74) is 8.39. The summed E-state index contributed by atoms with van der Waals surface area (Å²) in [6.07, 6.45) is 0. The largest absolute Gasteiger partial charge is 0.367 e. The van der Waals surface area contributed by atoms with Crippen molar-refractivity contribution in [3.05, 3.63) is 30.3 Å². The number of nitrogens with one attached hydrogen (secondary N) is 1. The maximum atomic E-state index is 10.9. The Labute approximate surface area is 85.9 Å². The Bertz CT molecular complexity index is 425. The quantitative estimate of drug-likeness (QED) is 0.734. The summed E-state index contributed by atoms with van der Waals surface area (Å²) >= 11 is 0. The Morgan fingerprint density at radius 2 is 2.13 bits per heavy atom. The molecule has 1 atom stereocenters. The molecule has 0 aromatic heterocycles. The molecule has 0 spiro atoms. The van der Waals surface area contributed by atoms with Gasteiger partial charge in [-0.1, -0.05) is 23.4 Å². The van der Waals surface area contributed by atoms with Crippen LogP contribution in [0.25, 0.3) is 0 Å². The summed E-state index contributed by atoms with van der Waals surface area (Å²) in [5.74, 6) is -0.216. The molecule has 1 amide bonds. The lowest BCUT2D eigenvalue weighted by molar-refractivity contribution is -0.117. The van der Waals surface area contributed by atoms with Crippen molar-refractivity contribution in [3.63, 3.8) is 0 Å². The van der Waals surface area contributed by atoms with Crippen molar-refractivity contribution in [2.75, 3.05) is 0 Å². The molecule has 76 valence electrons. The summed E-state index contributed by atoms with van der Waals surface area (Å²) < 4.78 is 0. The monoisotopic (exact) mass is 203 g/mol. The van der Waals surface area contributed by atoms with Gasteiger partial charge in [-0.05, 0) is 12.1 Å². The van der Waals surface area contributed by atoms with E-state index in [1.165, 1.54) is 0 Å². The maximum Gasteiger partial charge on any atom is 0.252 e. The second kappa shape index (κ2) is 3.87. The molecule has 0 saturated carbocycles. The van der Waals surface area contributed by atoms with Gasteiger partial charge >= 0.3 is 0 Å². The number of para-hydroxylation sites is 1. The number of amidine groups is 1. The van der Waals surface area contributed by atoms with Gasteiger partial charge in [-0.2, -0.15) is 0 Å². The fraction of sp³-hybridized carbons (Fsp3) is 0.111. The van der Waals surface area contributed by atoms with Crippen LogP contribution < -0.4 is 11.2 Å². The summed E-state index contributed by atoms with van der Waals surface area (Å²) in [5, 5.41) is 7.13. The molecule has 6 nitrogen and oxygen atoms in total. The van der Waals surface area contributed by atoms with Crippen molar-refractivity contribution in [1.82, 2.24) is 5.43 Å². The van der Waals surface area contributed by atoms with Crippen LogP contribution in [0.4, 0.5) is 5.69 Å². The number of hydrogen-bond donors (Lipinski definition) is 2. The fourth-order valence-electron chi connectivity index (χ4n) is 1.17. The molecule has 0 fully saturated rings. The number of primary amides is 1. The summed E-state index contributed by atoms with van der Waals surface area (Å²) in [7, 11) is 0. The van der Waals surface area contributed by atoms with Gasteiger partial charge in [-0.25, -0.2) is 10.4 Å². The van der Waals surface area contributed by atoms with Crippen molar-refractivity contribution in [3.8, 4) is 0 Å². The van der Waals surface area contributed by atoms with Crippen LogP contribution in [0.3, 0.4) is 0 Å². The molecule has 1 aromatic carbocycles. The average molecular weight is 203 g/mol. The Kier molecular flexibility index (Phi) is 2.40. The molecule has 0 aliphatic carbocycles. The number of carbonyl (C=O) groups is 1. The summed E-state index contributed by atoms with van der Waals surface area (Å²) in [4.78, 5) is 15.1. The van der Waals surface area contributed by atoms with E-state index in [9.17, 15) is 4.79 Å². The minimum atomic E-state index is -0.801. The van der Waals surface area contributed by atoms with Gasteiger partial charge in [-0.15, -0.1) is 5.11 Å². The average Bonchev–Trinajstić information content (AvgIpc) is 2.67. The molecule has 1 aliphatic heterocycles. The lowest BCUT2D eigenvalue weighted by atomic mass is 10.2. The van der Waals surface area contributed by atoms with E-state index < -0.39 is 11.9 Å². The Hall–Kier alpha value is -2.24. The van der Waals surface area contributed by atoms with Crippen LogP contribution in [0.1, 0.15) is 0 Å². The smallest absolute Gasteiger partial charge is 0.252 e. The molecule has 6 heteroatoms. The third kappa shape index (κ3) is 1.98. The van der Waals surface area contributed by atoms with Crippen LogP contribution in [0.15, 0.2) is 45.7 Å². The van der Waals surface area contributed by atoms with Gasteiger partial charge in [0.25, 0.3) is 5.91 Å². The first kappa shape index (κ1) is 9.32. The number of benzene rings is 1. The topological polar surface area (TPSA) is 92.2 Å². The van der Waals surface area contributed by atoms with Gasteiger partial charge in [0.1, 0.15) is 0 Å². The second-order valence-corrected chi connectivity index (χ2v) is 2.96. The van der Waals surface area contributed by atoms with Crippen molar-refractivity contribution in [2.24, 2.45) is 21.1 Å². The van der Waals surface area contributed by atoms with E-state index in [0.717, 1.165) is 5.69 Å². The molecule has 15 heavy (non-hydrogen) atoms. The van der Waals surface area contributed by atoms with Crippen molar-refractivity contribution in [1.29, 1.82) is 0 Å². The minimum absolute atomic E-state index is 0.355. The highest BCUT2D eigenvalue weighted by Crippen LogP contribution is 2.12. The van der Waals surface area contributed by atoms with Crippen molar-refractivity contribution < 1.29 is 4.79 Å².